The number of sulfonamides is 1. The van der Waals surface area contributed by atoms with Gasteiger partial charge in [-0.3, -0.25) is 4.72 Å². The number of halogens is 2. The first-order valence-electron chi connectivity index (χ1n) is 9.91. The predicted octanol–water partition coefficient (Wildman–Crippen LogP) is 5.14. The van der Waals surface area contributed by atoms with Gasteiger partial charge in [-0.1, -0.05) is 33.6 Å². The van der Waals surface area contributed by atoms with Gasteiger partial charge in [0.2, 0.25) is 0 Å². The highest BCUT2D eigenvalue weighted by Gasteiger charge is 2.27. The Labute approximate surface area is 209 Å². The van der Waals surface area contributed by atoms with Crippen LogP contribution in [0.4, 0.5) is 5.69 Å². The molecule has 178 valence electrons. The van der Waals surface area contributed by atoms with Gasteiger partial charge < -0.3 is 18.9 Å². The molecule has 4 rings (SSSR count). The number of fused-ring (bicyclic) bond motifs is 6. The van der Waals surface area contributed by atoms with Crippen molar-refractivity contribution in [2.75, 3.05) is 32.2 Å². The van der Waals surface area contributed by atoms with E-state index in [0.717, 1.165) is 10.5 Å². The fourth-order valence-corrected chi connectivity index (χ4v) is 5.45. The number of carbonyl (C=O) groups is 1. The molecule has 1 aliphatic heterocycles. The molecule has 0 atom stereocenters. The number of ether oxygens (including phenoxy) is 4. The summed E-state index contributed by atoms with van der Waals surface area (Å²) in [7, 11) is -1.56. The fourth-order valence-electron chi connectivity index (χ4n) is 3.46. The number of esters is 1. The van der Waals surface area contributed by atoms with Gasteiger partial charge in [0.05, 0.1) is 30.5 Å². The summed E-state index contributed by atoms with van der Waals surface area (Å²) < 4.78 is 51.9. The van der Waals surface area contributed by atoms with Crippen LogP contribution in [0.25, 0.3) is 11.1 Å². The van der Waals surface area contributed by atoms with Crippen LogP contribution in [-0.2, 0) is 14.8 Å². The molecule has 0 saturated heterocycles. The van der Waals surface area contributed by atoms with E-state index in [0.29, 0.717) is 16.9 Å². The number of benzene rings is 3. The molecule has 0 radical (unpaired) electrons. The molecule has 8 nitrogen and oxygen atoms in total. The van der Waals surface area contributed by atoms with Crippen LogP contribution in [-0.4, -0.2) is 41.8 Å². The number of nitrogens with one attached hydrogen (secondary N) is 1. The van der Waals surface area contributed by atoms with Crippen molar-refractivity contribution in [1.29, 1.82) is 0 Å². The maximum atomic E-state index is 13.4. The van der Waals surface area contributed by atoms with Crippen molar-refractivity contribution in [2.24, 2.45) is 0 Å². The molecule has 1 N–H and O–H groups in total. The molecule has 34 heavy (non-hydrogen) atoms. The molecule has 1 aliphatic rings. The minimum Gasteiger partial charge on any atom is -0.495 e. The molecular formula is C23H19BrClNO7S. The van der Waals surface area contributed by atoms with Crippen LogP contribution < -0.4 is 18.9 Å². The zero-order valence-corrected chi connectivity index (χ0v) is 21.2. The van der Waals surface area contributed by atoms with Crippen molar-refractivity contribution in [1.82, 2.24) is 0 Å². The summed E-state index contributed by atoms with van der Waals surface area (Å²) in [5.41, 5.74) is 1.48. The number of carbonyl (C=O) groups excluding carboxylic acids is 1. The van der Waals surface area contributed by atoms with Gasteiger partial charge in [-0.25, -0.2) is 13.2 Å². The summed E-state index contributed by atoms with van der Waals surface area (Å²) in [4.78, 5) is 12.3. The minimum absolute atomic E-state index is 0.0499. The molecule has 3 aromatic rings. The second kappa shape index (κ2) is 9.73. The summed E-state index contributed by atoms with van der Waals surface area (Å²) in [5.74, 6) is -0.0514. The molecule has 0 fully saturated rings. The molecule has 0 spiro atoms. The Morgan fingerprint density at radius 2 is 1.74 bits per heavy atom. The van der Waals surface area contributed by atoms with Crippen LogP contribution in [0.3, 0.4) is 0 Å². The van der Waals surface area contributed by atoms with Gasteiger partial charge in [-0.15, -0.1) is 0 Å². The first-order valence-corrected chi connectivity index (χ1v) is 12.6. The second-order valence-electron chi connectivity index (χ2n) is 7.13. The number of cyclic esters (lactones) is 1. The zero-order chi connectivity index (χ0) is 24.5. The topological polar surface area (TPSA) is 100 Å². The van der Waals surface area contributed by atoms with Crippen LogP contribution >= 0.6 is 27.5 Å². The van der Waals surface area contributed by atoms with Crippen molar-refractivity contribution < 1.29 is 32.2 Å². The van der Waals surface area contributed by atoms with Crippen LogP contribution in [0.15, 0.2) is 57.9 Å². The van der Waals surface area contributed by atoms with E-state index >= 15 is 0 Å². The number of methoxy groups -OCH3 is 2. The SMILES string of the molecule is COc1ccc2cc1NS(=O)(=O)c1cc(cc(Cl)c1OC)C(=O)OCCOc1ccc(Br)cc1-2. The molecule has 1 heterocycles. The lowest BCUT2D eigenvalue weighted by Crippen LogP contribution is -2.17. The molecule has 0 saturated carbocycles. The van der Waals surface area contributed by atoms with Crippen molar-refractivity contribution in [2.45, 2.75) is 4.90 Å². The first-order chi connectivity index (χ1) is 16.2. The van der Waals surface area contributed by atoms with Gasteiger partial charge in [0.1, 0.15) is 29.6 Å². The monoisotopic (exact) mass is 567 g/mol. The lowest BCUT2D eigenvalue weighted by atomic mass is 10.0. The maximum absolute atomic E-state index is 13.4. The van der Waals surface area contributed by atoms with Crippen LogP contribution in [0.2, 0.25) is 5.02 Å². The largest absolute Gasteiger partial charge is 0.495 e. The first kappa shape index (κ1) is 24.2. The van der Waals surface area contributed by atoms with E-state index in [4.69, 9.17) is 30.5 Å². The molecule has 3 aromatic carbocycles. The summed E-state index contributed by atoms with van der Waals surface area (Å²) in [6.07, 6.45) is 0. The standard InChI is InChI=1S/C23H19BrClNO7S/c1-30-20-5-3-13-10-18(20)26-34(28,29)21-11-14(9-17(25)22(21)31-2)23(27)33-8-7-32-19-6-4-15(24)12-16(13)19/h3-6,9-12,26H,7-8H2,1-2H3. The van der Waals surface area contributed by atoms with Gasteiger partial charge in [-0.05, 0) is 48.0 Å². The summed E-state index contributed by atoms with van der Waals surface area (Å²) in [6.45, 7) is 0.0167. The Bertz CT molecular complexity index is 1380. The van der Waals surface area contributed by atoms with E-state index in [1.807, 2.05) is 12.1 Å². The van der Waals surface area contributed by atoms with Crippen LogP contribution in [0.1, 0.15) is 10.4 Å². The van der Waals surface area contributed by atoms with E-state index in [2.05, 4.69) is 20.7 Å². The number of anilines is 1. The summed E-state index contributed by atoms with van der Waals surface area (Å²) in [5, 5.41) is -0.0594. The molecule has 0 aromatic heterocycles. The molecule has 0 aliphatic carbocycles. The number of hydrogen-bond donors (Lipinski definition) is 1. The zero-order valence-electron chi connectivity index (χ0n) is 18.1. The molecule has 0 amide bonds. The van der Waals surface area contributed by atoms with Crippen LogP contribution in [0, 0.1) is 0 Å². The van der Waals surface area contributed by atoms with E-state index in [9.17, 15) is 13.2 Å². The normalized spacial score (nSPS) is 14.9. The van der Waals surface area contributed by atoms with Crippen molar-refractivity contribution in [3.05, 3.63) is 63.6 Å². The highest BCUT2D eigenvalue weighted by Crippen LogP contribution is 2.39. The van der Waals surface area contributed by atoms with Crippen molar-refractivity contribution in [3.63, 3.8) is 0 Å². The minimum atomic E-state index is -4.27. The van der Waals surface area contributed by atoms with E-state index in [-0.39, 0.29) is 45.9 Å². The molecular weight excluding hydrogens is 550 g/mol. The quantitative estimate of drug-likeness (QED) is 0.428. The van der Waals surface area contributed by atoms with Gasteiger partial charge >= 0.3 is 5.97 Å². The second-order valence-corrected chi connectivity index (χ2v) is 10.1. The fraction of sp³-hybridized carbons (Fsp3) is 0.174. The predicted molar refractivity (Wildman–Crippen MR) is 131 cm³/mol. The van der Waals surface area contributed by atoms with Gasteiger partial charge in [-0.2, -0.15) is 0 Å². The van der Waals surface area contributed by atoms with Gasteiger partial charge in [0.15, 0.2) is 5.75 Å². The Hall–Kier alpha value is -2.95. The summed E-state index contributed by atoms with van der Waals surface area (Å²) >= 11 is 9.69. The third-order valence-electron chi connectivity index (χ3n) is 5.01. The Morgan fingerprint density at radius 3 is 2.47 bits per heavy atom. The van der Waals surface area contributed by atoms with E-state index in [1.165, 1.54) is 20.3 Å². The van der Waals surface area contributed by atoms with Crippen molar-refractivity contribution >= 4 is 49.2 Å². The molecule has 0 unspecified atom stereocenters. The third-order valence-corrected chi connectivity index (χ3v) is 7.15. The molecule has 4 bridgehead atoms. The highest BCUT2D eigenvalue weighted by molar-refractivity contribution is 9.10. The van der Waals surface area contributed by atoms with Crippen LogP contribution in [0.5, 0.6) is 17.2 Å². The Kier molecular flexibility index (Phi) is 6.92. The highest BCUT2D eigenvalue weighted by atomic mass is 79.9. The Morgan fingerprint density at radius 1 is 0.971 bits per heavy atom. The summed E-state index contributed by atoms with van der Waals surface area (Å²) in [6, 6.07) is 12.9. The van der Waals surface area contributed by atoms with Crippen molar-refractivity contribution in [3.8, 4) is 28.4 Å². The smallest absolute Gasteiger partial charge is 0.338 e. The van der Waals surface area contributed by atoms with Gasteiger partial charge in [0.25, 0.3) is 10.0 Å². The van der Waals surface area contributed by atoms with Gasteiger partial charge in [0, 0.05) is 10.0 Å². The lowest BCUT2D eigenvalue weighted by Gasteiger charge is -2.17. The number of hydrogen-bond acceptors (Lipinski definition) is 7. The van der Waals surface area contributed by atoms with E-state index < -0.39 is 16.0 Å². The number of rotatable bonds is 2. The average Bonchev–Trinajstić information content (AvgIpc) is 2.81. The average molecular weight is 569 g/mol. The molecule has 11 heteroatoms. The lowest BCUT2D eigenvalue weighted by molar-refractivity contribution is 0.0450. The Balaban J connectivity index is 1.94. The van der Waals surface area contributed by atoms with E-state index in [1.54, 1.807) is 24.3 Å². The maximum Gasteiger partial charge on any atom is 0.338 e. The third kappa shape index (κ3) is 4.79.